The lowest BCUT2D eigenvalue weighted by molar-refractivity contribution is -0.143. The van der Waals surface area contributed by atoms with E-state index >= 15 is 0 Å². The van der Waals surface area contributed by atoms with Gasteiger partial charge in [-0.25, -0.2) is 33.7 Å². The van der Waals surface area contributed by atoms with Gasteiger partial charge in [0.2, 0.25) is 0 Å². The van der Waals surface area contributed by atoms with Crippen LogP contribution in [0.1, 0.15) is 452 Å². The lowest BCUT2D eigenvalue weighted by Gasteiger charge is -2.19. The molecule has 0 aromatic carbocycles. The zero-order valence-electron chi connectivity index (χ0n) is 65.0. The summed E-state index contributed by atoms with van der Waals surface area (Å²) in [4.78, 5) is 23.1. The number of aliphatic hydroxyl groups is 2. The molecule has 604 valence electrons. The number of methoxy groups -OCH3 is 1. The van der Waals surface area contributed by atoms with E-state index in [1.165, 1.54) is 283 Å². The molecule has 0 saturated carbocycles. The predicted molar refractivity (Wildman–Crippen MR) is 410 cm³/mol. The van der Waals surface area contributed by atoms with Gasteiger partial charge < -0.3 is 37.9 Å². The molecule has 4 atom stereocenters. The Kier molecular flexibility index (Phi) is 80.9. The molecule has 2 N–H and O–H groups in total. The molecule has 0 aliphatic carbocycles. The van der Waals surface area contributed by atoms with Crippen LogP contribution in [0.4, 0.5) is 0 Å². The number of ether oxygens (including phenoxy) is 2. The Labute approximate surface area is 617 Å². The van der Waals surface area contributed by atoms with Crippen molar-refractivity contribution in [2.24, 2.45) is 0 Å². The second-order valence-corrected chi connectivity index (χ2v) is 34.7. The molecule has 0 aromatic rings. The first-order valence-electron chi connectivity index (χ1n) is 41.2. The zero-order valence-corrected chi connectivity index (χ0v) is 68.3. The fraction of sp³-hybridized carbons (Fsp3) is 0.974. The van der Waals surface area contributed by atoms with Crippen molar-refractivity contribution in [1.82, 2.24) is 0 Å². The fourth-order valence-electron chi connectivity index (χ4n) is 12.3. The van der Waals surface area contributed by atoms with Crippen LogP contribution < -0.4 is 0 Å². The van der Waals surface area contributed by atoms with Crippen LogP contribution in [0, 0.1) is 0 Å². The first-order chi connectivity index (χ1) is 47.8. The van der Waals surface area contributed by atoms with Gasteiger partial charge in [-0.05, 0) is 44.9 Å². The average Bonchev–Trinajstić information content (AvgIpc) is 0.888. The summed E-state index contributed by atoms with van der Waals surface area (Å²) in [7, 11) is -17.2. The van der Waals surface area contributed by atoms with Crippen molar-refractivity contribution in [3.05, 3.63) is 0 Å². The first-order valence-corrected chi connectivity index (χ1v) is 47.1. The van der Waals surface area contributed by atoms with Gasteiger partial charge in [0.1, 0.15) is 61.8 Å². The van der Waals surface area contributed by atoms with E-state index in [1.54, 1.807) is 0 Å². The molecule has 18 nitrogen and oxygen atoms in total. The monoisotopic (exact) mass is 1510 g/mol. The fourth-order valence-corrected chi connectivity index (χ4v) is 14.7. The second kappa shape index (κ2) is 77.1. The van der Waals surface area contributed by atoms with Crippen molar-refractivity contribution in [3.63, 3.8) is 0 Å². The number of carbonyl (C=O) groups excluding carboxylic acids is 2. The molecule has 0 aliphatic rings. The summed E-state index contributed by atoms with van der Waals surface area (Å²) in [5.74, 6) is -1.83. The summed E-state index contributed by atoms with van der Waals surface area (Å²) >= 11 is 0. The quantitative estimate of drug-likeness (QED) is 0.0324. The molecule has 0 radical (unpaired) electrons. The van der Waals surface area contributed by atoms with Crippen LogP contribution in [-0.2, 0) is 59.5 Å². The molecule has 0 aromatic heterocycles. The van der Waals surface area contributed by atoms with Gasteiger partial charge in [-0.3, -0.25) is 9.59 Å². The molecule has 0 bridgehead atoms. The highest BCUT2D eigenvalue weighted by Crippen LogP contribution is 2.21. The van der Waals surface area contributed by atoms with E-state index in [2.05, 4.69) is 32.4 Å². The Morgan fingerprint density at radius 1 is 0.250 bits per heavy atom. The summed E-state index contributed by atoms with van der Waals surface area (Å²) < 4.78 is 139. The summed E-state index contributed by atoms with van der Waals surface area (Å²) in [5.41, 5.74) is -3.44. The standard InChI is InChI=1S/C25H50O5S.C19H38O5S.C18H38O4S.C16H34O4S/c1-3-5-6-7-8-9-10-11-12-13-14-15-16-17-18-19-20-21-22-24(31(27,28)29)25(26)30-23-4-2;1-3-4-5-6-7-8-9-10-11-12-13-14-15-16-17-18(19(20)24-2)25(21,22)23;1-2-3-4-5-6-7-8-9-10-11-12-13-14-15-16-17-18(19)23(20,21)22;1-2-3-4-5-6-7-8-9-10-11-12-13-14-15-16(17)21(18,19)20/h24H,3-23H2,1-2H3,(H,27,28,29);18H,3-17H2,1-2H3,(H,21,22,23);18-19H,2-17H2,1H3,(H,20,21,22);16-17H,2-15H2,1H3,(H,18,19,20)/p-4. The van der Waals surface area contributed by atoms with Gasteiger partial charge in [0.25, 0.3) is 0 Å². The van der Waals surface area contributed by atoms with Crippen molar-refractivity contribution in [2.75, 3.05) is 13.7 Å². The highest BCUT2D eigenvalue weighted by molar-refractivity contribution is 7.87. The molecule has 0 rings (SSSR count). The molecule has 0 amide bonds. The number of esters is 2. The van der Waals surface area contributed by atoms with Gasteiger partial charge in [-0.15, -0.1) is 0 Å². The van der Waals surface area contributed by atoms with Gasteiger partial charge in [0, 0.05) is 0 Å². The smallest absolute Gasteiger partial charge is 0.323 e. The lowest BCUT2D eigenvalue weighted by atomic mass is 10.0. The topological polar surface area (TPSA) is 322 Å². The summed E-state index contributed by atoms with van der Waals surface area (Å²) in [6, 6.07) is 0. The van der Waals surface area contributed by atoms with Crippen LogP contribution >= 0.6 is 0 Å². The van der Waals surface area contributed by atoms with Crippen LogP contribution in [0.25, 0.3) is 0 Å². The largest absolute Gasteiger partial charge is 0.747 e. The van der Waals surface area contributed by atoms with Crippen molar-refractivity contribution < 1.29 is 81.2 Å². The Balaban J connectivity index is -0.000000621. The third-order valence-corrected chi connectivity index (χ3v) is 22.8. The van der Waals surface area contributed by atoms with Gasteiger partial charge in [0.05, 0.1) is 13.7 Å². The van der Waals surface area contributed by atoms with Crippen molar-refractivity contribution >= 4 is 52.4 Å². The highest BCUT2D eigenvalue weighted by Gasteiger charge is 2.27. The number of hydrogen-bond acceptors (Lipinski definition) is 18. The van der Waals surface area contributed by atoms with Gasteiger partial charge in [0.15, 0.2) is 0 Å². The normalized spacial score (nSPS) is 13.1. The number of aliphatic hydroxyl groups excluding tert-OH is 2. The third kappa shape index (κ3) is 80.6. The van der Waals surface area contributed by atoms with E-state index in [-0.39, 0.29) is 32.3 Å². The molecule has 100 heavy (non-hydrogen) atoms. The van der Waals surface area contributed by atoms with E-state index in [1.807, 2.05) is 6.92 Å². The minimum absolute atomic E-state index is 0.0660. The SMILES string of the molecule is CCCCCCCCCCCCCCCC(O)S(=O)(=O)[O-].CCCCCCCCCCCCCCCCC(C(=O)OC)S(=O)(=O)[O-].CCCCCCCCCCCCCCCCCC(O)S(=O)(=O)[O-].CCCCCCCCCCCCCCCCCCCCC(C(=O)OCCC)S(=O)(=O)[O-]. The summed E-state index contributed by atoms with van der Waals surface area (Å²) in [6.45, 7) is 11.0. The number of unbranched alkanes of at least 4 members (excludes halogenated alkanes) is 56. The molecule has 0 saturated heterocycles. The molecule has 0 heterocycles. The maximum Gasteiger partial charge on any atom is 0.323 e. The van der Waals surface area contributed by atoms with E-state index < -0.39 is 73.8 Å². The van der Waals surface area contributed by atoms with Crippen LogP contribution in [0.15, 0.2) is 0 Å². The van der Waals surface area contributed by atoms with Crippen LogP contribution in [0.5, 0.6) is 0 Å². The van der Waals surface area contributed by atoms with Crippen LogP contribution in [0.3, 0.4) is 0 Å². The number of hydrogen-bond donors (Lipinski definition) is 2. The van der Waals surface area contributed by atoms with Gasteiger partial charge >= 0.3 is 11.9 Å². The Hall–Kier alpha value is -1.50. The Morgan fingerprint density at radius 3 is 0.560 bits per heavy atom. The third-order valence-electron chi connectivity index (χ3n) is 18.8. The Morgan fingerprint density at radius 2 is 0.410 bits per heavy atom. The van der Waals surface area contributed by atoms with Crippen LogP contribution in [-0.4, -0.2) is 109 Å². The molecule has 22 heteroatoms. The molecule has 0 fully saturated rings. The number of carbonyl (C=O) groups is 2. The van der Waals surface area contributed by atoms with E-state index in [9.17, 15) is 61.5 Å². The second-order valence-electron chi connectivity index (χ2n) is 28.5. The molecule has 0 spiro atoms. The average molecular weight is 1510 g/mol. The van der Waals surface area contributed by atoms with Crippen LogP contribution in [0.2, 0.25) is 0 Å². The molecule has 4 unspecified atom stereocenters. The molecular weight excluding hydrogens is 1350 g/mol. The van der Waals surface area contributed by atoms with Crippen molar-refractivity contribution in [2.45, 2.75) is 473 Å². The first kappa shape index (κ1) is 105. The van der Waals surface area contributed by atoms with Gasteiger partial charge in [-0.2, -0.15) is 0 Å². The lowest BCUT2D eigenvalue weighted by Crippen LogP contribution is -2.32. The minimum Gasteiger partial charge on any atom is -0.747 e. The van der Waals surface area contributed by atoms with Crippen molar-refractivity contribution in [1.29, 1.82) is 0 Å². The zero-order chi connectivity index (χ0) is 75.5. The summed E-state index contributed by atoms with van der Waals surface area (Å²) in [6.07, 6.45) is 74.5. The maximum absolute atomic E-state index is 11.8. The van der Waals surface area contributed by atoms with E-state index in [0.717, 1.165) is 84.2 Å². The van der Waals surface area contributed by atoms with Gasteiger partial charge in [-0.1, -0.05) is 407 Å². The molecular formula is C78H156O18S4-4. The van der Waals surface area contributed by atoms with E-state index in [4.69, 9.17) is 14.9 Å². The highest BCUT2D eigenvalue weighted by atomic mass is 32.2. The predicted octanol–water partition coefficient (Wildman–Crippen LogP) is 21.7. The maximum atomic E-state index is 11.8. The van der Waals surface area contributed by atoms with E-state index in [0.29, 0.717) is 32.1 Å². The Bertz CT molecular complexity index is 2180. The minimum atomic E-state index is -4.64. The van der Waals surface area contributed by atoms with Crippen molar-refractivity contribution in [3.8, 4) is 0 Å². The number of rotatable bonds is 72. The summed E-state index contributed by atoms with van der Waals surface area (Å²) in [5, 5.41) is 15.1. The molecule has 0 aliphatic heterocycles.